The molecule has 0 unspecified atom stereocenters. The molecule has 0 spiro atoms. The van der Waals surface area contributed by atoms with E-state index >= 15 is 0 Å². The third-order valence-corrected chi connectivity index (χ3v) is 3.46. The van der Waals surface area contributed by atoms with Crippen LogP contribution >= 0.6 is 11.3 Å². The normalized spacial score (nSPS) is 10.8. The molecule has 2 aromatic heterocycles. The minimum atomic E-state index is -0.448. The summed E-state index contributed by atoms with van der Waals surface area (Å²) in [5.41, 5.74) is 1.59. The highest BCUT2D eigenvalue weighted by atomic mass is 32.1. The fraction of sp³-hybridized carbons (Fsp3) is 0. The lowest BCUT2D eigenvalue weighted by molar-refractivity contribution is -0.389. The highest BCUT2D eigenvalue weighted by Crippen LogP contribution is 2.30. The number of aromatic nitrogens is 2. The number of thiazole rings is 1. The van der Waals surface area contributed by atoms with Gasteiger partial charge in [-0.2, -0.15) is 0 Å². The highest BCUT2D eigenvalue weighted by molar-refractivity contribution is 7.21. The van der Waals surface area contributed by atoms with Crippen molar-refractivity contribution >= 4 is 27.4 Å². The van der Waals surface area contributed by atoms with Gasteiger partial charge in [-0.15, -0.1) is 11.3 Å². The van der Waals surface area contributed by atoms with Gasteiger partial charge < -0.3 is 10.1 Å². The molecule has 3 aromatic rings. The average Bonchev–Trinajstić information content (AvgIpc) is 2.95. The molecule has 3 rings (SSSR count). The highest BCUT2D eigenvalue weighted by Gasteiger charge is 2.13. The predicted molar refractivity (Wildman–Crippen MR) is 66.1 cm³/mol. The summed E-state index contributed by atoms with van der Waals surface area (Å²) in [5.74, 6) is -0.0146. The smallest absolute Gasteiger partial charge is 0.321 e. The molecule has 0 saturated carbocycles. The Bertz CT molecular complexity index is 668. The lowest BCUT2D eigenvalue weighted by atomic mass is 10.3. The van der Waals surface area contributed by atoms with Crippen molar-refractivity contribution < 1.29 is 4.92 Å². The first kappa shape index (κ1) is 9.98. The van der Waals surface area contributed by atoms with E-state index in [1.807, 2.05) is 24.3 Å². The van der Waals surface area contributed by atoms with Gasteiger partial charge in [0.05, 0.1) is 10.2 Å². The minimum Gasteiger partial charge on any atom is -0.358 e. The molecule has 1 aromatic carbocycles. The molecule has 1 N–H and O–H groups in total. The molecule has 0 aliphatic heterocycles. The van der Waals surface area contributed by atoms with Crippen molar-refractivity contribution in [3.05, 3.63) is 46.5 Å². The van der Waals surface area contributed by atoms with Crippen molar-refractivity contribution in [2.75, 3.05) is 0 Å². The summed E-state index contributed by atoms with van der Waals surface area (Å²) in [6, 6.07) is 10.9. The molecule has 6 heteroatoms. The summed E-state index contributed by atoms with van der Waals surface area (Å²) < 4.78 is 1.07. The summed E-state index contributed by atoms with van der Waals surface area (Å²) in [7, 11) is 0. The van der Waals surface area contributed by atoms with Gasteiger partial charge in [0.1, 0.15) is 0 Å². The van der Waals surface area contributed by atoms with Crippen LogP contribution in [0.5, 0.6) is 0 Å². The van der Waals surface area contributed by atoms with Gasteiger partial charge in [-0.05, 0) is 23.1 Å². The van der Waals surface area contributed by atoms with Gasteiger partial charge >= 0.3 is 5.82 Å². The SMILES string of the molecule is O=[N+]([O-])c1ccc(-c2nc3ccccc3s2)[nH]1. The quantitative estimate of drug-likeness (QED) is 0.556. The molecule has 5 nitrogen and oxygen atoms in total. The van der Waals surface area contributed by atoms with Crippen molar-refractivity contribution in [2.24, 2.45) is 0 Å². The number of rotatable bonds is 2. The summed E-state index contributed by atoms with van der Waals surface area (Å²) in [4.78, 5) is 17.3. The molecule has 0 radical (unpaired) electrons. The number of nitro groups is 1. The van der Waals surface area contributed by atoms with Crippen LogP contribution in [0, 0.1) is 10.1 Å². The lowest BCUT2D eigenvalue weighted by Gasteiger charge is -1.87. The van der Waals surface area contributed by atoms with E-state index in [4.69, 9.17) is 0 Å². The number of nitrogens with zero attached hydrogens (tertiary/aromatic N) is 2. The van der Waals surface area contributed by atoms with Crippen LogP contribution in [0.15, 0.2) is 36.4 Å². The van der Waals surface area contributed by atoms with E-state index in [0.29, 0.717) is 5.69 Å². The van der Waals surface area contributed by atoms with Crippen LogP contribution in [0.3, 0.4) is 0 Å². The van der Waals surface area contributed by atoms with Crippen molar-refractivity contribution in [3.63, 3.8) is 0 Å². The maximum atomic E-state index is 10.6. The van der Waals surface area contributed by atoms with Crippen molar-refractivity contribution in [1.82, 2.24) is 9.97 Å². The van der Waals surface area contributed by atoms with Crippen LogP contribution in [0.4, 0.5) is 5.82 Å². The van der Waals surface area contributed by atoms with E-state index in [1.54, 1.807) is 6.07 Å². The topological polar surface area (TPSA) is 71.8 Å². The number of nitrogens with one attached hydrogen (secondary N) is 1. The largest absolute Gasteiger partial charge is 0.358 e. The van der Waals surface area contributed by atoms with Gasteiger partial charge in [-0.1, -0.05) is 12.1 Å². The Hall–Kier alpha value is -2.21. The van der Waals surface area contributed by atoms with E-state index in [0.717, 1.165) is 15.2 Å². The second-order valence-corrected chi connectivity index (χ2v) is 4.53. The average molecular weight is 245 g/mol. The monoisotopic (exact) mass is 245 g/mol. The zero-order chi connectivity index (χ0) is 11.8. The second-order valence-electron chi connectivity index (χ2n) is 3.50. The first-order valence-corrected chi connectivity index (χ1v) is 5.75. The first-order valence-electron chi connectivity index (χ1n) is 4.93. The summed E-state index contributed by atoms with van der Waals surface area (Å²) in [6.45, 7) is 0. The summed E-state index contributed by atoms with van der Waals surface area (Å²) in [5, 5.41) is 11.3. The fourth-order valence-corrected chi connectivity index (χ4v) is 2.55. The van der Waals surface area contributed by atoms with Crippen LogP contribution in [0.25, 0.3) is 20.9 Å². The molecule has 0 saturated heterocycles. The van der Waals surface area contributed by atoms with Crippen LogP contribution in [0.1, 0.15) is 0 Å². The van der Waals surface area contributed by atoms with Crippen LogP contribution < -0.4 is 0 Å². The molecule has 17 heavy (non-hydrogen) atoms. The third-order valence-electron chi connectivity index (χ3n) is 2.39. The third kappa shape index (κ3) is 1.68. The Morgan fingerprint density at radius 3 is 2.76 bits per heavy atom. The van der Waals surface area contributed by atoms with E-state index in [2.05, 4.69) is 9.97 Å². The van der Waals surface area contributed by atoms with Gasteiger partial charge in [0, 0.05) is 6.07 Å². The Morgan fingerprint density at radius 1 is 1.24 bits per heavy atom. The number of benzene rings is 1. The number of para-hydroxylation sites is 1. The molecule has 0 aliphatic carbocycles. The van der Waals surface area contributed by atoms with E-state index in [9.17, 15) is 10.1 Å². The maximum Gasteiger partial charge on any atom is 0.321 e. The maximum absolute atomic E-state index is 10.6. The Labute approximate surface area is 99.9 Å². The van der Waals surface area contributed by atoms with Crippen LogP contribution in [0.2, 0.25) is 0 Å². The Balaban J connectivity index is 2.10. The molecule has 0 aliphatic rings. The van der Waals surface area contributed by atoms with Gasteiger partial charge in [-0.3, -0.25) is 0 Å². The number of H-pyrrole nitrogens is 1. The van der Waals surface area contributed by atoms with E-state index in [-0.39, 0.29) is 5.82 Å². The lowest BCUT2D eigenvalue weighted by Crippen LogP contribution is -1.86. The van der Waals surface area contributed by atoms with Crippen LogP contribution in [-0.4, -0.2) is 14.9 Å². The van der Waals surface area contributed by atoms with Gasteiger partial charge in [0.25, 0.3) is 0 Å². The first-order chi connectivity index (χ1) is 8.24. The molecule has 0 fully saturated rings. The molecule has 0 atom stereocenters. The van der Waals surface area contributed by atoms with Crippen molar-refractivity contribution in [1.29, 1.82) is 0 Å². The van der Waals surface area contributed by atoms with Gasteiger partial charge in [0.2, 0.25) is 0 Å². The number of hydrogen-bond acceptors (Lipinski definition) is 4. The van der Waals surface area contributed by atoms with Gasteiger partial charge in [0.15, 0.2) is 10.7 Å². The molecule has 2 heterocycles. The minimum absolute atomic E-state index is 0.0146. The van der Waals surface area contributed by atoms with Crippen molar-refractivity contribution in [2.45, 2.75) is 0 Å². The predicted octanol–water partition coefficient (Wildman–Crippen LogP) is 3.20. The Kier molecular flexibility index (Phi) is 2.15. The molecule has 0 bridgehead atoms. The molecule has 84 valence electrons. The molecular weight excluding hydrogens is 238 g/mol. The van der Waals surface area contributed by atoms with E-state index < -0.39 is 4.92 Å². The summed E-state index contributed by atoms with van der Waals surface area (Å²) in [6.07, 6.45) is 0. The number of hydrogen-bond donors (Lipinski definition) is 1. The standard InChI is InChI=1S/C11H7N3O2S/c15-14(16)10-6-5-8(12-10)11-13-7-3-1-2-4-9(7)17-11/h1-6,12H. The van der Waals surface area contributed by atoms with Gasteiger partial charge in [-0.25, -0.2) is 9.97 Å². The van der Waals surface area contributed by atoms with E-state index in [1.165, 1.54) is 17.4 Å². The summed E-state index contributed by atoms with van der Waals surface area (Å²) >= 11 is 1.51. The number of aromatic amines is 1. The zero-order valence-corrected chi connectivity index (χ0v) is 9.40. The Morgan fingerprint density at radius 2 is 2.06 bits per heavy atom. The van der Waals surface area contributed by atoms with Crippen LogP contribution in [-0.2, 0) is 0 Å². The fourth-order valence-electron chi connectivity index (χ4n) is 1.60. The molecular formula is C11H7N3O2S. The zero-order valence-electron chi connectivity index (χ0n) is 8.58. The van der Waals surface area contributed by atoms with Crippen molar-refractivity contribution in [3.8, 4) is 10.7 Å². The molecule has 0 amide bonds. The second kappa shape index (κ2) is 3.67. The number of fused-ring (bicyclic) bond motifs is 1.